The van der Waals surface area contributed by atoms with Gasteiger partial charge in [-0.2, -0.15) is 0 Å². The van der Waals surface area contributed by atoms with Crippen molar-refractivity contribution in [3.63, 3.8) is 0 Å². The highest BCUT2D eigenvalue weighted by Gasteiger charge is 2.56. The van der Waals surface area contributed by atoms with Gasteiger partial charge in [-0.15, -0.1) is 0 Å². The molecule has 2 N–H and O–H groups in total. The van der Waals surface area contributed by atoms with E-state index in [1.54, 1.807) is 5.57 Å². The summed E-state index contributed by atoms with van der Waals surface area (Å²) < 4.78 is 5.99. The number of allylic oxidation sites excluding steroid dienone is 2. The molecule has 0 saturated heterocycles. The van der Waals surface area contributed by atoms with Crippen LogP contribution in [0.4, 0.5) is 0 Å². The van der Waals surface area contributed by atoms with Gasteiger partial charge in [0.15, 0.2) is 0 Å². The molecule has 3 aliphatic carbocycles. The van der Waals surface area contributed by atoms with E-state index in [1.165, 1.54) is 25.7 Å². The largest absolute Gasteiger partial charge is 0.459 e. The highest BCUT2D eigenvalue weighted by atomic mass is 16.6. The number of aliphatic hydroxyl groups is 2. The van der Waals surface area contributed by atoms with Gasteiger partial charge in [-0.05, 0) is 75.0 Å². The van der Waals surface area contributed by atoms with E-state index in [9.17, 15) is 9.90 Å². The zero-order chi connectivity index (χ0) is 19.8. The first-order chi connectivity index (χ1) is 12.7. The molecule has 0 bridgehead atoms. The highest BCUT2D eigenvalue weighted by Crippen LogP contribution is 2.61. The lowest BCUT2D eigenvalue weighted by atomic mass is 9.48. The van der Waals surface area contributed by atoms with E-state index in [1.807, 2.05) is 0 Å². The lowest BCUT2D eigenvalue weighted by molar-refractivity contribution is -0.185. The minimum absolute atomic E-state index is 0.129. The summed E-state index contributed by atoms with van der Waals surface area (Å²) in [6.07, 6.45) is 9.27. The van der Waals surface area contributed by atoms with Crippen LogP contribution in [-0.2, 0) is 9.53 Å². The Morgan fingerprint density at radius 2 is 2.04 bits per heavy atom. The fourth-order valence-corrected chi connectivity index (χ4v) is 6.41. The van der Waals surface area contributed by atoms with Gasteiger partial charge in [-0.1, -0.05) is 32.4 Å². The first-order valence-corrected chi connectivity index (χ1v) is 10.9. The first-order valence-electron chi connectivity index (χ1n) is 10.9. The Hall–Kier alpha value is -0.870. The van der Waals surface area contributed by atoms with Crippen molar-refractivity contribution in [3.05, 3.63) is 11.6 Å². The second-order valence-electron chi connectivity index (χ2n) is 10.1. The van der Waals surface area contributed by atoms with Gasteiger partial charge in [0, 0.05) is 5.92 Å². The SMILES string of the molecule is CC(C)C1CCC2C(=CCC3C(C)(OC(=O)CC(O)CO)CCCC23C)C1. The molecule has 0 radical (unpaired) electrons. The molecule has 6 atom stereocenters. The molecule has 0 aliphatic heterocycles. The summed E-state index contributed by atoms with van der Waals surface area (Å²) in [4.78, 5) is 12.4. The van der Waals surface area contributed by atoms with Crippen LogP contribution in [0.2, 0.25) is 0 Å². The van der Waals surface area contributed by atoms with Gasteiger partial charge in [0.05, 0.1) is 19.1 Å². The van der Waals surface area contributed by atoms with E-state index in [2.05, 4.69) is 33.8 Å². The van der Waals surface area contributed by atoms with Crippen molar-refractivity contribution in [1.82, 2.24) is 0 Å². The van der Waals surface area contributed by atoms with Gasteiger partial charge in [0.1, 0.15) is 5.60 Å². The van der Waals surface area contributed by atoms with Crippen molar-refractivity contribution in [2.24, 2.45) is 29.1 Å². The lowest BCUT2D eigenvalue weighted by Crippen LogP contribution is -2.55. The maximum atomic E-state index is 12.4. The molecule has 0 amide bonds. The molecule has 0 aromatic carbocycles. The average molecular weight is 379 g/mol. The summed E-state index contributed by atoms with van der Waals surface area (Å²) in [6.45, 7) is 8.81. The zero-order valence-electron chi connectivity index (χ0n) is 17.5. The van der Waals surface area contributed by atoms with E-state index in [-0.39, 0.29) is 17.8 Å². The molecule has 2 saturated carbocycles. The van der Waals surface area contributed by atoms with Gasteiger partial charge in [-0.3, -0.25) is 4.79 Å². The molecule has 0 heterocycles. The van der Waals surface area contributed by atoms with Crippen LogP contribution < -0.4 is 0 Å². The number of carbonyl (C=O) groups is 1. The van der Waals surface area contributed by atoms with Crippen LogP contribution >= 0.6 is 0 Å². The van der Waals surface area contributed by atoms with Crippen LogP contribution in [0, 0.1) is 29.1 Å². The number of hydrogen-bond donors (Lipinski definition) is 2. The summed E-state index contributed by atoms with van der Waals surface area (Å²) in [5.74, 6) is 2.11. The third-order valence-electron chi connectivity index (χ3n) is 8.01. The van der Waals surface area contributed by atoms with Gasteiger partial charge in [-0.25, -0.2) is 0 Å². The van der Waals surface area contributed by atoms with Crippen molar-refractivity contribution in [2.75, 3.05) is 6.61 Å². The molecular weight excluding hydrogens is 340 g/mol. The summed E-state index contributed by atoms with van der Waals surface area (Å²) >= 11 is 0. The standard InChI is InChI=1S/C23H38O4/c1-15(2)16-6-8-19-17(12-16)7-9-20-22(19,3)10-5-11-23(20,4)27-21(26)13-18(25)14-24/h7,15-16,18-20,24-25H,5-6,8-14H2,1-4H3. The molecule has 4 heteroatoms. The molecule has 0 aromatic heterocycles. The lowest BCUT2D eigenvalue weighted by Gasteiger charge is -2.58. The highest BCUT2D eigenvalue weighted by molar-refractivity contribution is 5.70. The van der Waals surface area contributed by atoms with Crippen molar-refractivity contribution in [2.45, 2.75) is 90.8 Å². The number of fused-ring (bicyclic) bond motifs is 3. The summed E-state index contributed by atoms with van der Waals surface area (Å²) in [5, 5.41) is 18.6. The zero-order valence-corrected chi connectivity index (χ0v) is 17.5. The van der Waals surface area contributed by atoms with Crippen molar-refractivity contribution in [1.29, 1.82) is 0 Å². The van der Waals surface area contributed by atoms with Gasteiger partial charge < -0.3 is 14.9 Å². The second kappa shape index (κ2) is 7.87. The average Bonchev–Trinajstić information content (AvgIpc) is 2.60. The van der Waals surface area contributed by atoms with Gasteiger partial charge in [0.25, 0.3) is 0 Å². The molecular formula is C23H38O4. The van der Waals surface area contributed by atoms with E-state index < -0.39 is 18.3 Å². The number of esters is 1. The number of aliphatic hydroxyl groups excluding tert-OH is 2. The Morgan fingerprint density at radius 3 is 2.70 bits per heavy atom. The van der Waals surface area contributed by atoms with Crippen molar-refractivity contribution in [3.8, 4) is 0 Å². The molecule has 2 fully saturated rings. The number of ether oxygens (including phenoxy) is 1. The Labute approximate surface area is 164 Å². The Morgan fingerprint density at radius 1 is 1.30 bits per heavy atom. The van der Waals surface area contributed by atoms with E-state index in [0.717, 1.165) is 31.1 Å². The molecule has 3 rings (SSSR count). The van der Waals surface area contributed by atoms with E-state index >= 15 is 0 Å². The minimum atomic E-state index is -1.03. The van der Waals surface area contributed by atoms with Crippen LogP contribution in [0.5, 0.6) is 0 Å². The van der Waals surface area contributed by atoms with Crippen LogP contribution in [-0.4, -0.2) is 34.5 Å². The third-order valence-corrected chi connectivity index (χ3v) is 8.01. The number of carbonyl (C=O) groups excluding carboxylic acids is 1. The maximum Gasteiger partial charge on any atom is 0.309 e. The van der Waals surface area contributed by atoms with Crippen LogP contribution in [0.15, 0.2) is 11.6 Å². The van der Waals surface area contributed by atoms with Gasteiger partial charge >= 0.3 is 5.97 Å². The topological polar surface area (TPSA) is 66.8 Å². The first kappa shape index (κ1) is 20.9. The van der Waals surface area contributed by atoms with Crippen molar-refractivity contribution >= 4 is 5.97 Å². The quantitative estimate of drug-likeness (QED) is 0.555. The monoisotopic (exact) mass is 378 g/mol. The minimum Gasteiger partial charge on any atom is -0.459 e. The maximum absolute atomic E-state index is 12.4. The van der Waals surface area contributed by atoms with E-state index in [0.29, 0.717) is 11.8 Å². The molecule has 4 nitrogen and oxygen atoms in total. The Balaban J connectivity index is 1.79. The number of rotatable bonds is 5. The van der Waals surface area contributed by atoms with Crippen LogP contribution in [0.3, 0.4) is 0 Å². The Bertz CT molecular complexity index is 583. The van der Waals surface area contributed by atoms with Gasteiger partial charge in [0.2, 0.25) is 0 Å². The molecule has 0 spiro atoms. The smallest absolute Gasteiger partial charge is 0.309 e. The molecule has 27 heavy (non-hydrogen) atoms. The predicted octanol–water partition coefficient (Wildman–Crippen LogP) is 4.24. The van der Waals surface area contributed by atoms with Crippen LogP contribution in [0.25, 0.3) is 0 Å². The molecule has 0 aromatic rings. The summed E-state index contributed by atoms with van der Waals surface area (Å²) in [6, 6.07) is 0. The predicted molar refractivity (Wildman–Crippen MR) is 106 cm³/mol. The fourth-order valence-electron chi connectivity index (χ4n) is 6.41. The molecule has 3 aliphatic rings. The van der Waals surface area contributed by atoms with Crippen molar-refractivity contribution < 1.29 is 19.7 Å². The third kappa shape index (κ3) is 3.98. The molecule has 6 unspecified atom stereocenters. The number of hydrogen-bond acceptors (Lipinski definition) is 4. The summed E-state index contributed by atoms with van der Waals surface area (Å²) in [5.41, 5.74) is 1.37. The van der Waals surface area contributed by atoms with E-state index in [4.69, 9.17) is 9.84 Å². The normalized spacial score (nSPS) is 40.0. The summed E-state index contributed by atoms with van der Waals surface area (Å²) in [7, 11) is 0. The fraction of sp³-hybridized carbons (Fsp3) is 0.870. The van der Waals surface area contributed by atoms with Crippen LogP contribution in [0.1, 0.15) is 79.1 Å². The molecule has 154 valence electrons. The Kier molecular flexibility index (Phi) is 6.08. The second-order valence-corrected chi connectivity index (χ2v) is 10.1.